The maximum absolute atomic E-state index is 11.9. The molecule has 0 radical (unpaired) electrons. The summed E-state index contributed by atoms with van der Waals surface area (Å²) in [5.74, 6) is 1.02. The van der Waals surface area contributed by atoms with E-state index in [0.29, 0.717) is 44.6 Å². The average molecular weight is 566 g/mol. The second-order valence-electron chi connectivity index (χ2n) is 11.9. The molecule has 3 aromatic carbocycles. The molecule has 4 aromatic rings. The van der Waals surface area contributed by atoms with E-state index < -0.39 is 6.09 Å². The van der Waals surface area contributed by atoms with Crippen LogP contribution in [0, 0.1) is 12.3 Å². The van der Waals surface area contributed by atoms with E-state index in [1.165, 1.54) is 0 Å². The minimum atomic E-state index is -0.853. The minimum absolute atomic E-state index is 0.103. The molecule has 1 N–H and O–H groups in total. The van der Waals surface area contributed by atoms with Crippen molar-refractivity contribution in [2.75, 3.05) is 24.5 Å². The number of nitrogens with zero attached hydrogens (tertiary/aromatic N) is 3. The van der Waals surface area contributed by atoms with Gasteiger partial charge in [-0.25, -0.2) is 4.79 Å². The molecule has 0 aliphatic carbocycles. The third-order valence-electron chi connectivity index (χ3n) is 7.76. The number of aromatic nitrogens is 1. The van der Waals surface area contributed by atoms with Crippen molar-refractivity contribution in [1.82, 2.24) is 9.88 Å². The number of piperazine rings is 1. The first-order chi connectivity index (χ1) is 20.2. The molecule has 0 spiro atoms. The average Bonchev–Trinajstić information content (AvgIpc) is 2.99. The van der Waals surface area contributed by atoms with E-state index in [0.717, 1.165) is 33.5 Å². The minimum Gasteiger partial charge on any atom is -0.473 e. The molecule has 1 saturated heterocycles. The highest BCUT2D eigenvalue weighted by molar-refractivity contribution is 5.73. The van der Waals surface area contributed by atoms with Crippen LogP contribution in [0.15, 0.2) is 91.0 Å². The summed E-state index contributed by atoms with van der Waals surface area (Å²) < 4.78 is 12.3. The number of anilines is 1. The van der Waals surface area contributed by atoms with Gasteiger partial charge in [0.25, 0.3) is 0 Å². The fraction of sp³-hybridized carbons (Fsp3) is 0.314. The van der Waals surface area contributed by atoms with Crippen LogP contribution in [0.25, 0.3) is 11.1 Å². The smallest absolute Gasteiger partial charge is 0.407 e. The molecule has 1 aliphatic heterocycles. The summed E-state index contributed by atoms with van der Waals surface area (Å²) in [6, 6.07) is 30.2. The quantitative estimate of drug-likeness (QED) is 0.239. The van der Waals surface area contributed by atoms with Crippen LogP contribution in [-0.2, 0) is 13.2 Å². The number of aryl methyl sites for hydroxylation is 1. The van der Waals surface area contributed by atoms with E-state index in [1.54, 1.807) is 4.90 Å². The Morgan fingerprint density at radius 1 is 0.881 bits per heavy atom. The van der Waals surface area contributed by atoms with Gasteiger partial charge < -0.3 is 24.4 Å². The van der Waals surface area contributed by atoms with Gasteiger partial charge in [0.1, 0.15) is 13.2 Å². The highest BCUT2D eigenvalue weighted by Crippen LogP contribution is 2.36. The number of benzene rings is 3. The van der Waals surface area contributed by atoms with E-state index in [4.69, 9.17) is 14.5 Å². The molecule has 0 bridgehead atoms. The van der Waals surface area contributed by atoms with Crippen LogP contribution in [0.4, 0.5) is 10.5 Å². The molecule has 1 unspecified atom stereocenters. The molecule has 1 atom stereocenters. The summed E-state index contributed by atoms with van der Waals surface area (Å²) >= 11 is 0. The molecular formula is C35H39N3O4. The Hall–Kier alpha value is -4.52. The highest BCUT2D eigenvalue weighted by Gasteiger charge is 2.38. The maximum Gasteiger partial charge on any atom is 0.407 e. The lowest BCUT2D eigenvalue weighted by Gasteiger charge is -2.47. The van der Waals surface area contributed by atoms with Gasteiger partial charge in [0.15, 0.2) is 0 Å². The second kappa shape index (κ2) is 12.6. The Balaban J connectivity index is 1.40. The van der Waals surface area contributed by atoms with Crippen molar-refractivity contribution in [3.8, 4) is 22.9 Å². The lowest BCUT2D eigenvalue weighted by atomic mass is 9.84. The van der Waals surface area contributed by atoms with Gasteiger partial charge in [-0.05, 0) is 52.8 Å². The molecule has 1 aliphatic rings. The van der Waals surface area contributed by atoms with Crippen LogP contribution in [-0.4, -0.2) is 46.8 Å². The lowest BCUT2D eigenvalue weighted by molar-refractivity contribution is 0.0748. The number of hydrogen-bond donors (Lipinski definition) is 1. The number of rotatable bonds is 8. The first kappa shape index (κ1) is 29.0. The van der Waals surface area contributed by atoms with Gasteiger partial charge in [0.05, 0.1) is 6.04 Å². The molecule has 42 heavy (non-hydrogen) atoms. The molecule has 7 heteroatoms. The molecule has 1 aromatic heterocycles. The summed E-state index contributed by atoms with van der Waals surface area (Å²) in [5, 5.41) is 9.78. The molecule has 7 nitrogen and oxygen atoms in total. The number of carboxylic acid groups (broad SMARTS) is 1. The van der Waals surface area contributed by atoms with Crippen molar-refractivity contribution in [2.45, 2.75) is 47.0 Å². The number of ether oxygens (including phenoxy) is 2. The fourth-order valence-corrected chi connectivity index (χ4v) is 5.44. The predicted octanol–water partition coefficient (Wildman–Crippen LogP) is 7.43. The van der Waals surface area contributed by atoms with Crippen molar-refractivity contribution in [3.63, 3.8) is 0 Å². The van der Waals surface area contributed by atoms with Crippen LogP contribution in [0.3, 0.4) is 0 Å². The summed E-state index contributed by atoms with van der Waals surface area (Å²) in [6.45, 7) is 11.0. The van der Waals surface area contributed by atoms with Gasteiger partial charge in [-0.3, -0.25) is 0 Å². The van der Waals surface area contributed by atoms with E-state index in [-0.39, 0.29) is 11.5 Å². The molecule has 1 fully saturated rings. The van der Waals surface area contributed by atoms with Gasteiger partial charge in [-0.2, -0.15) is 4.98 Å². The van der Waals surface area contributed by atoms with Crippen LogP contribution in [0.2, 0.25) is 0 Å². The molecule has 0 saturated carbocycles. The third kappa shape index (κ3) is 6.85. The van der Waals surface area contributed by atoms with E-state index >= 15 is 0 Å². The maximum atomic E-state index is 11.9. The monoisotopic (exact) mass is 565 g/mol. The van der Waals surface area contributed by atoms with Crippen LogP contribution < -0.4 is 14.4 Å². The first-order valence-corrected chi connectivity index (χ1v) is 14.4. The van der Waals surface area contributed by atoms with Crippen molar-refractivity contribution >= 4 is 11.8 Å². The van der Waals surface area contributed by atoms with E-state index in [2.05, 4.69) is 50.8 Å². The van der Waals surface area contributed by atoms with Crippen LogP contribution in [0.5, 0.6) is 11.8 Å². The summed E-state index contributed by atoms with van der Waals surface area (Å²) in [6.07, 6.45) is -0.853. The normalized spacial score (nSPS) is 15.4. The molecule has 2 heterocycles. The molecule has 218 valence electrons. The Bertz CT molecular complexity index is 1500. The van der Waals surface area contributed by atoms with Crippen molar-refractivity contribution < 1.29 is 19.4 Å². The standard InChI is InChI=1S/C35H39N3O4/c1-25-21-28(15-17-30(25)37-19-20-38(34(39)40)31(22-37)35(2,3)4)29-16-18-32(41-23-26-11-7-5-8-12-26)36-33(29)42-24-27-13-9-6-10-14-27/h5-18,21,31H,19-20,22-24H2,1-4H3,(H,39,40). The Labute approximate surface area is 248 Å². The van der Waals surface area contributed by atoms with Gasteiger partial charge in [0, 0.05) is 37.0 Å². The van der Waals surface area contributed by atoms with Gasteiger partial charge in [-0.15, -0.1) is 0 Å². The van der Waals surface area contributed by atoms with E-state index in [1.807, 2.05) is 72.8 Å². The number of hydrogen-bond acceptors (Lipinski definition) is 5. The van der Waals surface area contributed by atoms with Crippen molar-refractivity contribution in [1.29, 1.82) is 0 Å². The molecule has 5 rings (SSSR count). The number of amides is 1. The van der Waals surface area contributed by atoms with Crippen molar-refractivity contribution in [2.24, 2.45) is 5.41 Å². The Morgan fingerprint density at radius 3 is 2.12 bits per heavy atom. The zero-order chi connectivity index (χ0) is 29.7. The van der Waals surface area contributed by atoms with Gasteiger partial charge in [0.2, 0.25) is 11.8 Å². The largest absolute Gasteiger partial charge is 0.473 e. The topological polar surface area (TPSA) is 75.1 Å². The predicted molar refractivity (Wildman–Crippen MR) is 166 cm³/mol. The van der Waals surface area contributed by atoms with Crippen molar-refractivity contribution in [3.05, 3.63) is 108 Å². The van der Waals surface area contributed by atoms with Gasteiger partial charge >= 0.3 is 6.09 Å². The van der Waals surface area contributed by atoms with Crippen LogP contribution >= 0.6 is 0 Å². The molecule has 1 amide bonds. The summed E-state index contributed by atoms with van der Waals surface area (Å²) in [5.41, 5.74) is 6.06. The Morgan fingerprint density at radius 2 is 1.52 bits per heavy atom. The SMILES string of the molecule is Cc1cc(-c2ccc(OCc3ccccc3)nc2OCc2ccccc2)ccc1N1CCN(C(=O)O)C(C(C)(C)C)C1. The molecular weight excluding hydrogens is 526 g/mol. The zero-order valence-corrected chi connectivity index (χ0v) is 24.8. The van der Waals surface area contributed by atoms with E-state index in [9.17, 15) is 9.90 Å². The van der Waals surface area contributed by atoms with Gasteiger partial charge in [-0.1, -0.05) is 87.5 Å². The summed E-state index contributed by atoms with van der Waals surface area (Å²) in [7, 11) is 0. The number of pyridine rings is 1. The lowest BCUT2D eigenvalue weighted by Crippen LogP contribution is -2.59. The third-order valence-corrected chi connectivity index (χ3v) is 7.76. The first-order valence-electron chi connectivity index (χ1n) is 14.4. The van der Waals surface area contributed by atoms with Crippen LogP contribution in [0.1, 0.15) is 37.5 Å². The summed E-state index contributed by atoms with van der Waals surface area (Å²) in [4.78, 5) is 20.6. The zero-order valence-electron chi connectivity index (χ0n) is 24.8. The Kier molecular flexibility index (Phi) is 8.67. The second-order valence-corrected chi connectivity index (χ2v) is 11.9. The fourth-order valence-electron chi connectivity index (χ4n) is 5.44. The highest BCUT2D eigenvalue weighted by atomic mass is 16.5. The number of carbonyl (C=O) groups is 1.